The summed E-state index contributed by atoms with van der Waals surface area (Å²) < 4.78 is -0.759. The Kier molecular flexibility index (Phi) is 2.87. The molecular weight excluding hydrogens is 224 g/mol. The van der Waals surface area contributed by atoms with Gasteiger partial charge in [-0.25, -0.2) is 0 Å². The molecule has 0 radical (unpaired) electrons. The van der Waals surface area contributed by atoms with Gasteiger partial charge in [-0.15, -0.1) is 20.1 Å². The van der Waals surface area contributed by atoms with Gasteiger partial charge in [-0.3, -0.25) is 19.2 Å². The molecule has 1 heterocycles. The van der Waals surface area contributed by atoms with Crippen LogP contribution in [0.15, 0.2) is 0 Å². The Balaban J connectivity index is 3.16. The van der Waals surface area contributed by atoms with Gasteiger partial charge in [0.1, 0.15) is 0 Å². The quantitative estimate of drug-likeness (QED) is 0.684. The zero-order valence-corrected chi connectivity index (χ0v) is 9.55. The summed E-state index contributed by atoms with van der Waals surface area (Å²) in [6, 6.07) is 0. The van der Waals surface area contributed by atoms with Crippen molar-refractivity contribution in [2.45, 2.75) is 23.0 Å². The highest BCUT2D eigenvalue weighted by molar-refractivity contribution is 8.81. The molecule has 0 aliphatic carbocycles. The Hall–Kier alpha value is -0.620. The standard InChI is InChI=1S/C8H12O4S2/c1-7-13(3-9,4-10)8(2)14(7,5-11)6-12/h3-8H,1-2H3. The topological polar surface area (TPSA) is 68.3 Å². The summed E-state index contributed by atoms with van der Waals surface area (Å²) in [5, 5.41) is 0. The monoisotopic (exact) mass is 236 g/mol. The SMILES string of the molecule is CC1S(C=O)(C=O)C(C)S1(C=O)C=O. The van der Waals surface area contributed by atoms with Crippen molar-refractivity contribution in [2.75, 3.05) is 0 Å². The van der Waals surface area contributed by atoms with E-state index >= 15 is 0 Å². The summed E-state index contributed by atoms with van der Waals surface area (Å²) in [5.74, 6) is 0. The first-order chi connectivity index (χ1) is 6.55. The van der Waals surface area contributed by atoms with Crippen molar-refractivity contribution in [2.24, 2.45) is 0 Å². The van der Waals surface area contributed by atoms with Gasteiger partial charge in [0.25, 0.3) is 0 Å². The van der Waals surface area contributed by atoms with Gasteiger partial charge in [0.15, 0.2) is 22.5 Å². The molecule has 1 aliphatic heterocycles. The first-order valence-electron chi connectivity index (χ1n) is 3.98. The second-order valence-electron chi connectivity index (χ2n) is 3.15. The van der Waals surface area contributed by atoms with Gasteiger partial charge in [0, 0.05) is 9.16 Å². The van der Waals surface area contributed by atoms with Gasteiger partial charge < -0.3 is 0 Å². The molecule has 0 unspecified atom stereocenters. The smallest absolute Gasteiger partial charge is 0.167 e. The maximum absolute atomic E-state index is 10.9. The Labute approximate surface area is 85.1 Å². The van der Waals surface area contributed by atoms with Crippen molar-refractivity contribution >= 4 is 42.5 Å². The van der Waals surface area contributed by atoms with Crippen LogP contribution in [0.4, 0.5) is 0 Å². The summed E-state index contributed by atoms with van der Waals surface area (Å²) in [6.07, 6.45) is 0. The lowest BCUT2D eigenvalue weighted by Gasteiger charge is -2.63. The maximum atomic E-state index is 10.9. The molecule has 1 saturated heterocycles. The van der Waals surface area contributed by atoms with Crippen LogP contribution in [0.5, 0.6) is 0 Å². The van der Waals surface area contributed by atoms with E-state index in [1.165, 1.54) is 0 Å². The number of carbonyl (C=O) groups is 4. The van der Waals surface area contributed by atoms with Crippen LogP contribution in [0.25, 0.3) is 0 Å². The Bertz CT molecular complexity index is 244. The molecule has 80 valence electrons. The molecule has 4 nitrogen and oxygen atoms in total. The van der Waals surface area contributed by atoms with E-state index in [9.17, 15) is 19.2 Å². The van der Waals surface area contributed by atoms with Crippen molar-refractivity contribution in [1.29, 1.82) is 0 Å². The Morgan fingerprint density at radius 3 is 1.07 bits per heavy atom. The first kappa shape index (κ1) is 11.5. The summed E-state index contributed by atoms with van der Waals surface area (Å²) in [4.78, 5) is 43.5. The van der Waals surface area contributed by atoms with Gasteiger partial charge in [-0.1, -0.05) is 0 Å². The average Bonchev–Trinajstić information content (AvgIpc) is 2.23. The second-order valence-corrected chi connectivity index (χ2v) is 10.6. The van der Waals surface area contributed by atoms with Crippen LogP contribution in [0, 0.1) is 0 Å². The highest BCUT2D eigenvalue weighted by atomic mass is 32.4. The number of hydrogen-bond acceptors (Lipinski definition) is 4. The third kappa shape index (κ3) is 0.980. The molecule has 6 heteroatoms. The van der Waals surface area contributed by atoms with Gasteiger partial charge >= 0.3 is 0 Å². The fourth-order valence-corrected chi connectivity index (χ4v) is 11.0. The minimum atomic E-state index is -2.05. The van der Waals surface area contributed by atoms with Gasteiger partial charge in [-0.05, 0) is 13.8 Å². The third-order valence-corrected chi connectivity index (χ3v) is 12.9. The van der Waals surface area contributed by atoms with E-state index in [0.29, 0.717) is 22.5 Å². The molecule has 0 bridgehead atoms. The highest BCUT2D eigenvalue weighted by Crippen LogP contribution is 2.84. The van der Waals surface area contributed by atoms with Crippen LogP contribution in [-0.2, 0) is 19.2 Å². The van der Waals surface area contributed by atoms with Crippen LogP contribution >= 0.6 is 20.1 Å². The summed E-state index contributed by atoms with van der Waals surface area (Å²) in [5.41, 5.74) is 2.59. The normalized spacial score (nSPS) is 37.0. The summed E-state index contributed by atoms with van der Waals surface area (Å²) in [6.45, 7) is 3.30. The predicted molar refractivity (Wildman–Crippen MR) is 61.1 cm³/mol. The molecule has 0 aromatic heterocycles. The predicted octanol–water partition coefficient (Wildman–Crippen LogP) is 1.06. The van der Waals surface area contributed by atoms with Crippen molar-refractivity contribution in [3.8, 4) is 0 Å². The number of hydrogen-bond donors (Lipinski definition) is 0. The zero-order valence-electron chi connectivity index (χ0n) is 7.91. The lowest BCUT2D eigenvalue weighted by molar-refractivity contribution is 0.564. The van der Waals surface area contributed by atoms with E-state index in [-0.39, 0.29) is 9.16 Å². The molecule has 0 amide bonds. The summed E-state index contributed by atoms with van der Waals surface area (Å²) in [7, 11) is -4.10. The third-order valence-electron chi connectivity index (χ3n) is 2.97. The fraction of sp³-hybridized carbons (Fsp3) is 0.500. The Morgan fingerprint density at radius 1 is 0.714 bits per heavy atom. The van der Waals surface area contributed by atoms with Gasteiger partial charge in [-0.2, -0.15) is 0 Å². The van der Waals surface area contributed by atoms with E-state index in [0.717, 1.165) is 0 Å². The minimum Gasteiger partial charge on any atom is -0.292 e. The fourth-order valence-electron chi connectivity index (χ4n) is 1.73. The van der Waals surface area contributed by atoms with Crippen molar-refractivity contribution in [3.05, 3.63) is 0 Å². The van der Waals surface area contributed by atoms with Gasteiger partial charge in [0.05, 0.1) is 0 Å². The van der Waals surface area contributed by atoms with Crippen LogP contribution in [-0.4, -0.2) is 31.6 Å². The molecule has 0 spiro atoms. The molecule has 1 fully saturated rings. The summed E-state index contributed by atoms with van der Waals surface area (Å²) >= 11 is 0. The Morgan fingerprint density at radius 2 is 0.929 bits per heavy atom. The van der Waals surface area contributed by atoms with Crippen molar-refractivity contribution in [1.82, 2.24) is 0 Å². The maximum Gasteiger partial charge on any atom is 0.167 e. The second kappa shape index (κ2) is 3.51. The zero-order chi connectivity index (χ0) is 11.0. The lowest BCUT2D eigenvalue weighted by Crippen LogP contribution is -2.47. The highest BCUT2D eigenvalue weighted by Gasteiger charge is 2.61. The van der Waals surface area contributed by atoms with Crippen molar-refractivity contribution in [3.63, 3.8) is 0 Å². The molecule has 0 aromatic carbocycles. The van der Waals surface area contributed by atoms with E-state index < -0.39 is 20.1 Å². The molecule has 1 rings (SSSR count). The molecule has 0 N–H and O–H groups in total. The first-order valence-corrected chi connectivity index (χ1v) is 7.75. The molecule has 0 aromatic rings. The van der Waals surface area contributed by atoms with Crippen LogP contribution in [0.2, 0.25) is 0 Å². The largest absolute Gasteiger partial charge is 0.292 e. The number of carbonyl (C=O) groups excluding carboxylic acids is 4. The molecule has 0 saturated carbocycles. The van der Waals surface area contributed by atoms with Crippen LogP contribution in [0.3, 0.4) is 0 Å². The van der Waals surface area contributed by atoms with Crippen LogP contribution < -0.4 is 0 Å². The van der Waals surface area contributed by atoms with Crippen molar-refractivity contribution < 1.29 is 19.2 Å². The lowest BCUT2D eigenvalue weighted by atomic mass is 10.9. The minimum absolute atomic E-state index is 0.380. The molecule has 1 aliphatic rings. The van der Waals surface area contributed by atoms with Crippen LogP contribution in [0.1, 0.15) is 13.8 Å². The molecule has 0 atom stereocenters. The van der Waals surface area contributed by atoms with E-state index in [2.05, 4.69) is 0 Å². The number of rotatable bonds is 4. The van der Waals surface area contributed by atoms with Gasteiger partial charge in [0.2, 0.25) is 0 Å². The molecule has 14 heavy (non-hydrogen) atoms. The van der Waals surface area contributed by atoms with E-state index in [4.69, 9.17) is 0 Å². The molecular formula is C8H12O4S2. The van der Waals surface area contributed by atoms with E-state index in [1.807, 2.05) is 0 Å². The van der Waals surface area contributed by atoms with E-state index in [1.54, 1.807) is 13.8 Å². The average molecular weight is 236 g/mol.